The molecule has 6 N–H and O–H groups in total. The van der Waals surface area contributed by atoms with Crippen LogP contribution in [0.3, 0.4) is 0 Å². The lowest BCUT2D eigenvalue weighted by molar-refractivity contribution is -0.164. The second-order valence-electron chi connectivity index (χ2n) is 29.5. The molecule has 2 fully saturated rings. The maximum Gasteiger partial charge on any atom is 0.270 e. The molecule has 0 radical (unpaired) electrons. The average molecular weight is 1380 g/mol. The number of fused-ring (bicyclic) bond motifs is 5. The Kier molecular flexibility index (Phi) is 28.0. The standard InChI is InChI=1S/C69H115N13O16/c1-26-40(12)49-60(89)76(21)52(39(10)11)63(92)77(22)51(38(8)9)61(90)72(17)34-46(83)74(19)55(68(15,16)96)65(94)79(24)54(42(14)28-3)64(93)80(25)66(95)57(86)70-48(36(4)5)59(88)78(23)53(41(13)27-2)62(91)73(18)35-47(84)81-45(58(87)75(20)50(37(6)7)56(85)71-49)33-69(97)43-31-29-30-32-44(43)82(98)67(69)81/h29-32,36-42,45,48-55,66-67,95-98H,26-28,33-35H2,1-25H3,(H,70,86)(H,71,85)/t40?,41?,42?,45-,48-,49-,50-,51-,52-,53-,54-,55+,66?,67?,69+/m0/s1. The Hall–Kier alpha value is -7.50. The van der Waals surface area contributed by atoms with Crippen LogP contribution < -0.4 is 15.7 Å². The van der Waals surface area contributed by atoms with Crippen LogP contribution in [0.1, 0.15) is 142 Å². The van der Waals surface area contributed by atoms with Gasteiger partial charge in [-0.25, -0.2) is 5.06 Å². The Labute approximate surface area is 579 Å². The zero-order chi connectivity index (χ0) is 75.3. The fraction of sp³-hybridized carbons (Fsp3) is 0.739. The normalized spacial score (nSPS) is 29.0. The smallest absolute Gasteiger partial charge is 0.270 e. The van der Waals surface area contributed by atoms with Gasteiger partial charge in [-0.1, -0.05) is 134 Å². The third kappa shape index (κ3) is 16.9. The molecule has 2 saturated heterocycles. The van der Waals surface area contributed by atoms with Crippen molar-refractivity contribution in [3.63, 3.8) is 0 Å². The number of benzene rings is 1. The molecule has 0 bridgehead atoms. The summed E-state index contributed by atoms with van der Waals surface area (Å²) < 4.78 is 0. The van der Waals surface area contributed by atoms with E-state index in [-0.39, 0.29) is 17.7 Å². The number of likely N-dealkylation sites (N-methyl/N-ethyl adjacent to an activating group) is 9. The molecule has 552 valence electrons. The van der Waals surface area contributed by atoms with Crippen LogP contribution in [-0.4, -0.2) is 289 Å². The van der Waals surface area contributed by atoms with E-state index < -0.39 is 210 Å². The molecular weight excluding hydrogens is 1270 g/mol. The summed E-state index contributed by atoms with van der Waals surface area (Å²) in [4.78, 5) is 190. The summed E-state index contributed by atoms with van der Waals surface area (Å²) in [5.74, 6) is -14.6. The van der Waals surface area contributed by atoms with Gasteiger partial charge < -0.3 is 75.0 Å². The summed E-state index contributed by atoms with van der Waals surface area (Å²) in [5.41, 5.74) is -3.81. The zero-order valence-corrected chi connectivity index (χ0v) is 62.6. The number of nitrogens with zero attached hydrogens (tertiary/aromatic N) is 11. The topological polar surface area (TPSA) is 345 Å². The summed E-state index contributed by atoms with van der Waals surface area (Å²) in [6, 6.07) is -6.49. The highest BCUT2D eigenvalue weighted by atomic mass is 16.5. The van der Waals surface area contributed by atoms with Crippen molar-refractivity contribution in [2.24, 2.45) is 41.4 Å². The molecule has 12 amide bonds. The van der Waals surface area contributed by atoms with E-state index in [0.29, 0.717) is 22.8 Å². The fourth-order valence-corrected chi connectivity index (χ4v) is 14.1. The van der Waals surface area contributed by atoms with Gasteiger partial charge in [-0.2, -0.15) is 0 Å². The largest absolute Gasteiger partial charge is 0.388 e. The van der Waals surface area contributed by atoms with E-state index in [2.05, 4.69) is 10.6 Å². The van der Waals surface area contributed by atoms with Crippen molar-refractivity contribution in [1.29, 1.82) is 0 Å². The molecular formula is C69H115N13O16. The van der Waals surface area contributed by atoms with Gasteiger partial charge in [0.15, 0.2) is 6.17 Å². The minimum Gasteiger partial charge on any atom is -0.388 e. The Balaban J connectivity index is 1.97. The molecule has 0 saturated carbocycles. The fourth-order valence-electron chi connectivity index (χ4n) is 14.1. The lowest BCUT2D eigenvalue weighted by Gasteiger charge is -2.42. The van der Waals surface area contributed by atoms with Gasteiger partial charge in [0.1, 0.15) is 60.0 Å². The van der Waals surface area contributed by atoms with Gasteiger partial charge in [0.2, 0.25) is 71.2 Å². The molecule has 1 aromatic carbocycles. The van der Waals surface area contributed by atoms with E-state index in [1.807, 2.05) is 0 Å². The van der Waals surface area contributed by atoms with Crippen LogP contribution in [0.2, 0.25) is 0 Å². The van der Waals surface area contributed by atoms with Gasteiger partial charge in [0.25, 0.3) is 5.91 Å². The number of amides is 12. The van der Waals surface area contributed by atoms with Crippen LogP contribution >= 0.6 is 0 Å². The molecule has 3 heterocycles. The highest BCUT2D eigenvalue weighted by molar-refractivity contribution is 6.00. The third-order valence-corrected chi connectivity index (χ3v) is 20.5. The van der Waals surface area contributed by atoms with Crippen molar-refractivity contribution < 1.29 is 78.1 Å². The summed E-state index contributed by atoms with van der Waals surface area (Å²) in [6.45, 7) is 24.8. The minimum absolute atomic E-state index is 0.132. The van der Waals surface area contributed by atoms with Gasteiger partial charge >= 0.3 is 0 Å². The number of aliphatic hydroxyl groups is 3. The molecule has 4 rings (SSSR count). The predicted octanol–water partition coefficient (Wildman–Crippen LogP) is 1.18. The molecule has 3 aliphatic heterocycles. The maximum atomic E-state index is 15.5. The Morgan fingerprint density at radius 2 is 0.878 bits per heavy atom. The number of rotatable bonds is 11. The molecule has 29 heteroatoms. The predicted molar refractivity (Wildman–Crippen MR) is 365 cm³/mol. The van der Waals surface area contributed by atoms with Crippen LogP contribution in [-0.2, 0) is 63.1 Å². The van der Waals surface area contributed by atoms with Gasteiger partial charge in [0.05, 0.1) is 24.4 Å². The number of anilines is 1. The summed E-state index contributed by atoms with van der Waals surface area (Å²) in [5, 5.41) is 54.3. The van der Waals surface area contributed by atoms with E-state index in [4.69, 9.17) is 0 Å². The number of hydrogen-bond donors (Lipinski definition) is 6. The van der Waals surface area contributed by atoms with Gasteiger partial charge in [-0.3, -0.25) is 62.7 Å². The highest BCUT2D eigenvalue weighted by Crippen LogP contribution is 2.52. The van der Waals surface area contributed by atoms with E-state index >= 15 is 28.8 Å². The first-order chi connectivity index (χ1) is 45.2. The summed E-state index contributed by atoms with van der Waals surface area (Å²) in [7, 11) is 11.7. The van der Waals surface area contributed by atoms with E-state index in [1.54, 1.807) is 109 Å². The van der Waals surface area contributed by atoms with Crippen molar-refractivity contribution in [2.45, 2.75) is 214 Å². The summed E-state index contributed by atoms with van der Waals surface area (Å²) >= 11 is 0. The zero-order valence-electron chi connectivity index (χ0n) is 62.6. The number of aliphatic hydroxyl groups excluding tert-OH is 1. The molecule has 98 heavy (non-hydrogen) atoms. The van der Waals surface area contributed by atoms with Crippen LogP contribution in [0, 0.1) is 41.4 Å². The summed E-state index contributed by atoms with van der Waals surface area (Å²) in [6.07, 6.45) is -3.53. The second kappa shape index (κ2) is 33.1. The number of carbonyl (C=O) groups is 12. The quantitative estimate of drug-likeness (QED) is 0.181. The van der Waals surface area contributed by atoms with Crippen molar-refractivity contribution >= 4 is 76.6 Å². The first kappa shape index (κ1) is 82.9. The Morgan fingerprint density at radius 1 is 0.480 bits per heavy atom. The molecule has 5 unspecified atom stereocenters. The molecule has 15 atom stereocenters. The second-order valence-corrected chi connectivity index (χ2v) is 29.5. The monoisotopic (exact) mass is 1380 g/mol. The number of hydrogen-bond acceptors (Lipinski definition) is 17. The molecule has 0 spiro atoms. The van der Waals surface area contributed by atoms with Crippen molar-refractivity contribution in [3.05, 3.63) is 29.8 Å². The molecule has 0 aromatic heterocycles. The highest BCUT2D eigenvalue weighted by Gasteiger charge is 2.64. The molecule has 1 aromatic rings. The molecule has 29 nitrogen and oxygen atoms in total. The van der Waals surface area contributed by atoms with Gasteiger partial charge in [-0.15, -0.1) is 0 Å². The number of nitrogens with one attached hydrogen (secondary N) is 2. The average Bonchev–Trinajstić information content (AvgIpc) is 1.54. The number of carbonyl (C=O) groups excluding carboxylic acids is 12. The Bertz CT molecular complexity index is 3100. The van der Waals surface area contributed by atoms with Crippen molar-refractivity contribution in [3.8, 4) is 0 Å². The van der Waals surface area contributed by atoms with Crippen LogP contribution in [0.4, 0.5) is 5.69 Å². The van der Waals surface area contributed by atoms with Crippen molar-refractivity contribution in [1.82, 2.24) is 59.6 Å². The lowest BCUT2D eigenvalue weighted by atomic mass is 9.90. The first-order valence-corrected chi connectivity index (χ1v) is 34.2. The SMILES string of the molecule is CCC(C)[C@@H]1NC(=O)[C@H](C(C)C)N(C)C(=O)[C@@H]2C[C@@]3(O)c4ccccc4N(O)C3N2C(=O)CN(C)C(=O)[C@H](C(C)CC)N(C)C(=O)[C@H](C(C)C)NC(=O)C(O)N(C)C(=O)[C@H](C(C)CC)N(C)C(=O)[C@H](C(C)(C)O)N(C)C(=O)CN(C)C(=O)[C@H](C(C)C)N(C)C(=O)[C@H](C(C)C)N(C)C1=O. The Morgan fingerprint density at radius 3 is 1.36 bits per heavy atom. The maximum absolute atomic E-state index is 15.5. The van der Waals surface area contributed by atoms with Crippen LogP contribution in [0.5, 0.6) is 0 Å². The van der Waals surface area contributed by atoms with Crippen molar-refractivity contribution in [2.75, 3.05) is 81.6 Å². The number of hydroxylamine groups is 1. The van der Waals surface area contributed by atoms with Gasteiger partial charge in [0, 0.05) is 75.4 Å². The number of para-hydroxylation sites is 1. The third-order valence-electron chi connectivity index (χ3n) is 20.5. The van der Waals surface area contributed by atoms with Crippen LogP contribution in [0.15, 0.2) is 24.3 Å². The van der Waals surface area contributed by atoms with Crippen LogP contribution in [0.25, 0.3) is 0 Å². The molecule has 3 aliphatic rings. The van der Waals surface area contributed by atoms with E-state index in [0.717, 1.165) is 41.3 Å². The van der Waals surface area contributed by atoms with Gasteiger partial charge in [-0.05, 0) is 61.3 Å². The first-order valence-electron chi connectivity index (χ1n) is 34.2. The minimum atomic E-state index is -2.29. The molecule has 0 aliphatic carbocycles. The van der Waals surface area contributed by atoms with E-state index in [9.17, 15) is 49.3 Å². The van der Waals surface area contributed by atoms with E-state index in [1.165, 1.54) is 92.2 Å². The lowest BCUT2D eigenvalue weighted by Crippen LogP contribution is -2.64.